The largest absolute Gasteiger partial charge is 0.480 e. The highest BCUT2D eigenvalue weighted by Crippen LogP contribution is 2.22. The van der Waals surface area contributed by atoms with Crippen molar-refractivity contribution in [3.63, 3.8) is 0 Å². The van der Waals surface area contributed by atoms with Crippen LogP contribution in [0.1, 0.15) is 52.4 Å². The number of ether oxygens (including phenoxy) is 2. The molecule has 0 saturated carbocycles. The van der Waals surface area contributed by atoms with Crippen molar-refractivity contribution in [2.75, 3.05) is 20.2 Å². The van der Waals surface area contributed by atoms with Crippen LogP contribution in [0.4, 0.5) is 0 Å². The molecule has 1 aliphatic rings. The molecule has 0 N–H and O–H groups in total. The predicted octanol–water partition coefficient (Wildman–Crippen LogP) is 3.07. The van der Waals surface area contributed by atoms with Gasteiger partial charge in [0.05, 0.1) is 13.7 Å². The number of hydrogen-bond acceptors (Lipinski definition) is 5. The van der Waals surface area contributed by atoms with Crippen LogP contribution in [0, 0.1) is 5.92 Å². The molecule has 6 nitrogen and oxygen atoms in total. The zero-order valence-electron chi connectivity index (χ0n) is 15.0. The van der Waals surface area contributed by atoms with Crippen LogP contribution >= 0.6 is 0 Å². The number of carbonyl (C=O) groups excluding carboxylic acids is 1. The van der Waals surface area contributed by atoms with Crippen LogP contribution in [0.15, 0.2) is 12.1 Å². The Morgan fingerprint density at radius 3 is 2.50 bits per heavy atom. The molecule has 1 amide bonds. The van der Waals surface area contributed by atoms with Gasteiger partial charge in [0.1, 0.15) is 6.10 Å². The molecule has 1 aromatic rings. The van der Waals surface area contributed by atoms with Gasteiger partial charge >= 0.3 is 0 Å². The Hall–Kier alpha value is -1.85. The van der Waals surface area contributed by atoms with Gasteiger partial charge in [-0.3, -0.25) is 4.79 Å². The first-order valence-electron chi connectivity index (χ1n) is 9.01. The van der Waals surface area contributed by atoms with Crippen molar-refractivity contribution in [2.24, 2.45) is 5.92 Å². The molecular weight excluding hydrogens is 306 g/mol. The molecule has 0 bridgehead atoms. The summed E-state index contributed by atoms with van der Waals surface area (Å²) in [4.78, 5) is 14.8. The lowest BCUT2D eigenvalue weighted by molar-refractivity contribution is -0.138. The van der Waals surface area contributed by atoms with Crippen LogP contribution < -0.4 is 9.47 Å². The molecule has 0 aliphatic carbocycles. The highest BCUT2D eigenvalue weighted by Gasteiger charge is 2.29. The standard InChI is InChI=1S/C18H29N3O3/c1-4-7-14(8-5-2)18(22)21-12-6-9-15(13-21)24-17-11-10-16(23-3)19-20-17/h10-11,14-15H,4-9,12-13H2,1-3H3. The van der Waals surface area contributed by atoms with Crippen LogP contribution in [0.3, 0.4) is 0 Å². The van der Waals surface area contributed by atoms with E-state index in [-0.39, 0.29) is 17.9 Å². The van der Waals surface area contributed by atoms with Gasteiger partial charge < -0.3 is 14.4 Å². The molecule has 1 saturated heterocycles. The van der Waals surface area contributed by atoms with Crippen LogP contribution in [0.2, 0.25) is 0 Å². The van der Waals surface area contributed by atoms with Gasteiger partial charge in [0.2, 0.25) is 17.7 Å². The Labute approximate surface area is 144 Å². The van der Waals surface area contributed by atoms with Crippen molar-refractivity contribution in [2.45, 2.75) is 58.5 Å². The number of carbonyl (C=O) groups is 1. The minimum atomic E-state index is -0.0192. The fourth-order valence-electron chi connectivity index (χ4n) is 3.23. The summed E-state index contributed by atoms with van der Waals surface area (Å²) in [5.74, 6) is 1.38. The van der Waals surface area contributed by atoms with Crippen molar-refractivity contribution < 1.29 is 14.3 Å². The van der Waals surface area contributed by atoms with Crippen molar-refractivity contribution >= 4 is 5.91 Å². The van der Waals surface area contributed by atoms with E-state index in [1.165, 1.54) is 0 Å². The summed E-state index contributed by atoms with van der Waals surface area (Å²) < 4.78 is 10.9. The number of piperidine rings is 1. The summed E-state index contributed by atoms with van der Waals surface area (Å²) in [6.07, 6.45) is 5.91. The van der Waals surface area contributed by atoms with Crippen molar-refractivity contribution in [1.29, 1.82) is 0 Å². The number of likely N-dealkylation sites (tertiary alicyclic amines) is 1. The van der Waals surface area contributed by atoms with E-state index < -0.39 is 0 Å². The Morgan fingerprint density at radius 1 is 1.25 bits per heavy atom. The Morgan fingerprint density at radius 2 is 1.92 bits per heavy atom. The smallest absolute Gasteiger partial charge is 0.233 e. The highest BCUT2D eigenvalue weighted by atomic mass is 16.5. The average molecular weight is 335 g/mol. The summed E-state index contributed by atoms with van der Waals surface area (Å²) in [7, 11) is 1.55. The molecule has 2 rings (SSSR count). The van der Waals surface area contributed by atoms with Crippen LogP contribution in [0.5, 0.6) is 11.8 Å². The van der Waals surface area contributed by atoms with E-state index in [0.29, 0.717) is 18.3 Å². The van der Waals surface area contributed by atoms with Crippen molar-refractivity contribution in [3.05, 3.63) is 12.1 Å². The van der Waals surface area contributed by atoms with Gasteiger partial charge in [-0.05, 0) is 25.7 Å². The van der Waals surface area contributed by atoms with Crippen LogP contribution in [0.25, 0.3) is 0 Å². The number of rotatable bonds is 8. The summed E-state index contributed by atoms with van der Waals surface area (Å²) >= 11 is 0. The summed E-state index contributed by atoms with van der Waals surface area (Å²) in [5.41, 5.74) is 0. The van der Waals surface area contributed by atoms with Crippen molar-refractivity contribution in [1.82, 2.24) is 15.1 Å². The second kappa shape index (κ2) is 9.45. The molecule has 1 aromatic heterocycles. The molecule has 1 unspecified atom stereocenters. The molecule has 1 aliphatic heterocycles. The topological polar surface area (TPSA) is 64.6 Å². The number of nitrogens with zero attached hydrogens (tertiary/aromatic N) is 3. The third-order valence-electron chi connectivity index (χ3n) is 4.43. The minimum Gasteiger partial charge on any atom is -0.480 e. The van der Waals surface area contributed by atoms with Gasteiger partial charge in [0.25, 0.3) is 0 Å². The summed E-state index contributed by atoms with van der Waals surface area (Å²) in [5, 5.41) is 7.92. The van der Waals surface area contributed by atoms with Gasteiger partial charge in [-0.25, -0.2) is 0 Å². The van der Waals surface area contributed by atoms with Crippen LogP contribution in [-0.2, 0) is 4.79 Å². The maximum Gasteiger partial charge on any atom is 0.233 e. The maximum atomic E-state index is 12.8. The van der Waals surface area contributed by atoms with E-state index in [9.17, 15) is 4.79 Å². The van der Waals surface area contributed by atoms with E-state index in [4.69, 9.17) is 9.47 Å². The first kappa shape index (κ1) is 18.5. The zero-order valence-corrected chi connectivity index (χ0v) is 15.0. The zero-order chi connectivity index (χ0) is 17.4. The Kier molecular flexibility index (Phi) is 7.28. The Bertz CT molecular complexity index is 501. The molecule has 0 aromatic carbocycles. The van der Waals surface area contributed by atoms with E-state index in [1.807, 2.05) is 4.90 Å². The van der Waals surface area contributed by atoms with Crippen LogP contribution in [-0.4, -0.2) is 47.3 Å². The molecule has 2 heterocycles. The first-order chi connectivity index (χ1) is 11.7. The Balaban J connectivity index is 1.93. The predicted molar refractivity (Wildman–Crippen MR) is 92.1 cm³/mol. The molecule has 0 spiro atoms. The van der Waals surface area contributed by atoms with E-state index in [1.54, 1.807) is 19.2 Å². The SMILES string of the molecule is CCCC(CCC)C(=O)N1CCCC(Oc2ccc(OC)nn2)C1. The first-order valence-corrected chi connectivity index (χ1v) is 9.01. The molecule has 134 valence electrons. The van der Waals surface area contributed by atoms with Gasteiger partial charge in [-0.15, -0.1) is 10.2 Å². The second-order valence-corrected chi connectivity index (χ2v) is 6.35. The fourth-order valence-corrected chi connectivity index (χ4v) is 3.23. The van der Waals surface area contributed by atoms with Gasteiger partial charge in [-0.2, -0.15) is 0 Å². The van der Waals surface area contributed by atoms with E-state index >= 15 is 0 Å². The van der Waals surface area contributed by atoms with Crippen molar-refractivity contribution in [3.8, 4) is 11.8 Å². The molecule has 1 fully saturated rings. The maximum absolute atomic E-state index is 12.8. The number of hydrogen-bond donors (Lipinski definition) is 0. The lowest BCUT2D eigenvalue weighted by Crippen LogP contribution is -2.46. The van der Waals surface area contributed by atoms with Gasteiger partial charge in [0, 0.05) is 24.6 Å². The molecule has 24 heavy (non-hydrogen) atoms. The number of methoxy groups -OCH3 is 1. The molecule has 6 heteroatoms. The van der Waals surface area contributed by atoms with E-state index in [2.05, 4.69) is 24.0 Å². The molecule has 0 radical (unpaired) electrons. The second-order valence-electron chi connectivity index (χ2n) is 6.35. The van der Waals surface area contributed by atoms with Gasteiger partial charge in [0.15, 0.2) is 0 Å². The lowest BCUT2D eigenvalue weighted by atomic mass is 9.95. The number of amides is 1. The molecule has 1 atom stereocenters. The third-order valence-corrected chi connectivity index (χ3v) is 4.43. The average Bonchev–Trinajstić information content (AvgIpc) is 2.62. The number of aromatic nitrogens is 2. The minimum absolute atomic E-state index is 0.0192. The fraction of sp³-hybridized carbons (Fsp3) is 0.722. The lowest BCUT2D eigenvalue weighted by Gasteiger charge is -2.34. The van der Waals surface area contributed by atoms with E-state index in [0.717, 1.165) is 45.1 Å². The molecular formula is C18H29N3O3. The summed E-state index contributed by atoms with van der Waals surface area (Å²) in [6.45, 7) is 5.74. The highest BCUT2D eigenvalue weighted by molar-refractivity contribution is 5.79. The van der Waals surface area contributed by atoms with Gasteiger partial charge in [-0.1, -0.05) is 26.7 Å². The summed E-state index contributed by atoms with van der Waals surface area (Å²) in [6, 6.07) is 3.48. The quantitative estimate of drug-likeness (QED) is 0.730. The monoisotopic (exact) mass is 335 g/mol. The third kappa shape index (κ3) is 5.08. The normalized spacial score (nSPS) is 17.8.